The summed E-state index contributed by atoms with van der Waals surface area (Å²) < 4.78 is 0. The molecule has 110 valence electrons. The smallest absolute Gasteiger partial charge is 0.225 e. The van der Waals surface area contributed by atoms with Gasteiger partial charge in [-0.2, -0.15) is 0 Å². The molecular weight excluding hydrogens is 250 g/mol. The van der Waals surface area contributed by atoms with E-state index in [0.29, 0.717) is 0 Å². The van der Waals surface area contributed by atoms with Crippen molar-refractivity contribution in [3.63, 3.8) is 0 Å². The molecule has 1 atom stereocenters. The number of amides is 1. The van der Waals surface area contributed by atoms with Crippen LogP contribution in [0, 0.1) is 5.92 Å². The Bertz CT molecular complexity index is 445. The summed E-state index contributed by atoms with van der Waals surface area (Å²) >= 11 is 0. The fraction of sp³-hybridized carbons (Fsp3) is 0.562. The molecular formula is C16H25N3O. The summed E-state index contributed by atoms with van der Waals surface area (Å²) in [5.41, 5.74) is 2.41. The van der Waals surface area contributed by atoms with E-state index in [-0.39, 0.29) is 11.8 Å². The zero-order chi connectivity index (χ0) is 14.4. The van der Waals surface area contributed by atoms with E-state index in [9.17, 15) is 4.79 Å². The monoisotopic (exact) mass is 275 g/mol. The number of para-hydroxylation sites is 1. The second kappa shape index (κ2) is 7.29. The van der Waals surface area contributed by atoms with Crippen molar-refractivity contribution in [2.75, 3.05) is 39.0 Å². The lowest BCUT2D eigenvalue weighted by Crippen LogP contribution is -2.38. The molecule has 20 heavy (non-hydrogen) atoms. The van der Waals surface area contributed by atoms with Crippen LogP contribution in [-0.2, 0) is 11.2 Å². The average Bonchev–Trinajstić information content (AvgIpc) is 2.46. The summed E-state index contributed by atoms with van der Waals surface area (Å²) in [5, 5.41) is 6.40. The van der Waals surface area contributed by atoms with E-state index in [1.807, 2.05) is 12.1 Å². The molecule has 1 aromatic carbocycles. The Hall–Kier alpha value is -1.55. The van der Waals surface area contributed by atoms with Gasteiger partial charge in [-0.15, -0.1) is 0 Å². The number of nitrogens with zero attached hydrogens (tertiary/aromatic N) is 1. The minimum absolute atomic E-state index is 0.0544. The second-order valence-electron chi connectivity index (χ2n) is 5.74. The summed E-state index contributed by atoms with van der Waals surface area (Å²) in [7, 11) is 4.15. The molecule has 0 spiro atoms. The zero-order valence-corrected chi connectivity index (χ0v) is 12.5. The van der Waals surface area contributed by atoms with Gasteiger partial charge in [-0.25, -0.2) is 0 Å². The fourth-order valence-electron chi connectivity index (χ4n) is 2.54. The van der Waals surface area contributed by atoms with Crippen LogP contribution in [0.4, 0.5) is 5.69 Å². The van der Waals surface area contributed by atoms with Crippen molar-refractivity contribution in [2.45, 2.75) is 19.3 Å². The molecule has 1 aliphatic rings. The molecule has 4 nitrogen and oxygen atoms in total. The summed E-state index contributed by atoms with van der Waals surface area (Å²) in [6, 6.07) is 8.22. The number of carbonyl (C=O) groups excluding carboxylic acids is 1. The molecule has 0 fully saturated rings. The Labute approximate surface area is 121 Å². The molecule has 2 N–H and O–H groups in total. The third-order valence-electron chi connectivity index (χ3n) is 3.72. The Morgan fingerprint density at radius 3 is 2.95 bits per heavy atom. The highest BCUT2D eigenvalue weighted by Gasteiger charge is 2.23. The molecule has 0 radical (unpaired) electrons. The third-order valence-corrected chi connectivity index (χ3v) is 3.72. The summed E-state index contributed by atoms with van der Waals surface area (Å²) in [6.45, 7) is 2.60. The number of benzene rings is 1. The van der Waals surface area contributed by atoms with Crippen molar-refractivity contribution in [1.29, 1.82) is 0 Å². The maximum absolute atomic E-state index is 12.1. The topological polar surface area (TPSA) is 44.4 Å². The van der Waals surface area contributed by atoms with Crippen molar-refractivity contribution < 1.29 is 4.79 Å². The van der Waals surface area contributed by atoms with Gasteiger partial charge in [-0.1, -0.05) is 18.2 Å². The predicted molar refractivity (Wildman–Crippen MR) is 82.9 cm³/mol. The highest BCUT2D eigenvalue weighted by Crippen LogP contribution is 2.24. The van der Waals surface area contributed by atoms with Crippen molar-refractivity contribution in [1.82, 2.24) is 10.2 Å². The van der Waals surface area contributed by atoms with Crippen LogP contribution in [0.2, 0.25) is 0 Å². The van der Waals surface area contributed by atoms with Gasteiger partial charge in [-0.3, -0.25) is 4.79 Å². The first-order valence-corrected chi connectivity index (χ1v) is 7.41. The van der Waals surface area contributed by atoms with E-state index in [2.05, 4.69) is 41.8 Å². The molecule has 1 aliphatic heterocycles. The van der Waals surface area contributed by atoms with Crippen molar-refractivity contribution in [3.05, 3.63) is 29.8 Å². The number of unbranched alkanes of at least 4 members (excludes halogenated alkanes) is 1. The summed E-state index contributed by atoms with van der Waals surface area (Å²) in [6.07, 6.45) is 3.01. The number of fused-ring (bicyclic) bond motifs is 1. The van der Waals surface area contributed by atoms with Crippen LogP contribution >= 0.6 is 0 Å². The fourth-order valence-corrected chi connectivity index (χ4v) is 2.54. The molecule has 0 aliphatic carbocycles. The first-order valence-electron chi connectivity index (χ1n) is 7.41. The number of anilines is 1. The van der Waals surface area contributed by atoms with E-state index in [1.165, 1.54) is 11.3 Å². The lowest BCUT2D eigenvalue weighted by molar-refractivity contribution is -0.124. The molecule has 2 rings (SSSR count). The van der Waals surface area contributed by atoms with Crippen LogP contribution in [-0.4, -0.2) is 44.5 Å². The molecule has 0 saturated heterocycles. The minimum atomic E-state index is 0.0544. The second-order valence-corrected chi connectivity index (χ2v) is 5.74. The van der Waals surface area contributed by atoms with E-state index in [1.54, 1.807) is 0 Å². The lowest BCUT2D eigenvalue weighted by atomic mass is 9.93. The Balaban J connectivity index is 1.72. The highest BCUT2D eigenvalue weighted by molar-refractivity contribution is 5.80. The van der Waals surface area contributed by atoms with Crippen LogP contribution in [0.5, 0.6) is 0 Å². The quantitative estimate of drug-likeness (QED) is 0.777. The molecule has 1 heterocycles. The van der Waals surface area contributed by atoms with Crippen LogP contribution in [0.1, 0.15) is 18.4 Å². The molecule has 0 aromatic heterocycles. The van der Waals surface area contributed by atoms with Gasteiger partial charge >= 0.3 is 0 Å². The largest absolute Gasteiger partial charge is 0.384 e. The molecule has 0 saturated carbocycles. The van der Waals surface area contributed by atoms with Crippen LogP contribution in [0.25, 0.3) is 0 Å². The van der Waals surface area contributed by atoms with Gasteiger partial charge in [0.2, 0.25) is 5.91 Å². The Kier molecular flexibility index (Phi) is 5.41. The normalized spacial score (nSPS) is 17.4. The first-order chi connectivity index (χ1) is 9.66. The third kappa shape index (κ3) is 4.23. The Morgan fingerprint density at radius 2 is 2.15 bits per heavy atom. The number of rotatable bonds is 6. The lowest BCUT2D eigenvalue weighted by Gasteiger charge is -2.25. The number of carbonyl (C=O) groups is 1. The van der Waals surface area contributed by atoms with E-state index < -0.39 is 0 Å². The standard InChI is InChI=1S/C16H25N3O/c1-19(2)10-6-5-9-17-16(20)14-11-13-7-3-4-8-15(13)18-12-14/h3-4,7-8,14,18H,5-6,9-12H2,1-2H3,(H,17,20). The number of hydrogen-bond donors (Lipinski definition) is 2. The van der Waals surface area contributed by atoms with Gasteiger partial charge in [0, 0.05) is 18.8 Å². The minimum Gasteiger partial charge on any atom is -0.384 e. The maximum Gasteiger partial charge on any atom is 0.225 e. The summed E-state index contributed by atoms with van der Waals surface area (Å²) in [5.74, 6) is 0.232. The first kappa shape index (κ1) is 14.9. The van der Waals surface area contributed by atoms with Crippen LogP contribution < -0.4 is 10.6 Å². The van der Waals surface area contributed by atoms with Crippen LogP contribution in [0.3, 0.4) is 0 Å². The molecule has 1 unspecified atom stereocenters. The van der Waals surface area contributed by atoms with E-state index >= 15 is 0 Å². The zero-order valence-electron chi connectivity index (χ0n) is 12.5. The SMILES string of the molecule is CN(C)CCCCNC(=O)C1CNc2ccccc2C1. The molecule has 1 aromatic rings. The number of nitrogens with one attached hydrogen (secondary N) is 2. The van der Waals surface area contributed by atoms with Crippen LogP contribution in [0.15, 0.2) is 24.3 Å². The summed E-state index contributed by atoms with van der Waals surface area (Å²) in [4.78, 5) is 14.3. The van der Waals surface area contributed by atoms with Gasteiger partial charge in [0.05, 0.1) is 5.92 Å². The maximum atomic E-state index is 12.1. The van der Waals surface area contributed by atoms with Gasteiger partial charge in [0.1, 0.15) is 0 Å². The van der Waals surface area contributed by atoms with Gasteiger partial charge < -0.3 is 15.5 Å². The van der Waals surface area contributed by atoms with Gasteiger partial charge in [0.25, 0.3) is 0 Å². The van der Waals surface area contributed by atoms with Gasteiger partial charge in [-0.05, 0) is 51.5 Å². The van der Waals surface area contributed by atoms with Crippen molar-refractivity contribution in [3.8, 4) is 0 Å². The predicted octanol–water partition coefficient (Wildman–Crippen LogP) is 1.73. The number of hydrogen-bond acceptors (Lipinski definition) is 3. The molecule has 1 amide bonds. The molecule has 0 bridgehead atoms. The average molecular weight is 275 g/mol. The van der Waals surface area contributed by atoms with Crippen molar-refractivity contribution in [2.24, 2.45) is 5.92 Å². The highest BCUT2D eigenvalue weighted by atomic mass is 16.1. The van der Waals surface area contributed by atoms with E-state index in [4.69, 9.17) is 0 Å². The molecule has 4 heteroatoms. The Morgan fingerprint density at radius 1 is 1.35 bits per heavy atom. The van der Waals surface area contributed by atoms with E-state index in [0.717, 1.165) is 38.9 Å². The van der Waals surface area contributed by atoms with Gasteiger partial charge in [0.15, 0.2) is 0 Å². The van der Waals surface area contributed by atoms with Crippen molar-refractivity contribution >= 4 is 11.6 Å².